The van der Waals surface area contributed by atoms with E-state index in [1.165, 1.54) is 0 Å². The molecular formula is C22H21N9. The molecule has 2 N–H and O–H groups in total. The lowest BCUT2D eigenvalue weighted by Crippen LogP contribution is -2.16. The van der Waals surface area contributed by atoms with Gasteiger partial charge in [0, 0.05) is 36.2 Å². The van der Waals surface area contributed by atoms with Gasteiger partial charge in [-0.3, -0.25) is 0 Å². The van der Waals surface area contributed by atoms with Crippen LogP contribution in [-0.4, -0.2) is 42.3 Å². The number of aryl methyl sites for hydroxylation is 1. The molecule has 3 heterocycles. The van der Waals surface area contributed by atoms with Gasteiger partial charge >= 0.3 is 0 Å². The molecule has 0 saturated carbocycles. The molecule has 0 spiro atoms. The fourth-order valence-corrected chi connectivity index (χ4v) is 3.58. The molecule has 0 amide bonds. The Bertz CT molecular complexity index is 1280. The van der Waals surface area contributed by atoms with E-state index in [9.17, 15) is 0 Å². The van der Waals surface area contributed by atoms with Gasteiger partial charge in [-0.1, -0.05) is 30.3 Å². The number of hydrogen-bond donors (Lipinski definition) is 2. The van der Waals surface area contributed by atoms with Gasteiger partial charge in [-0.25, -0.2) is 10.1 Å². The highest BCUT2D eigenvalue weighted by Crippen LogP contribution is 2.28. The fourth-order valence-electron chi connectivity index (χ4n) is 3.58. The Morgan fingerprint density at radius 1 is 1.03 bits per heavy atom. The first-order valence-electron chi connectivity index (χ1n) is 9.89. The van der Waals surface area contributed by atoms with E-state index >= 15 is 0 Å². The van der Waals surface area contributed by atoms with Crippen molar-refractivity contribution >= 4 is 22.8 Å². The molecule has 5 rings (SSSR count). The van der Waals surface area contributed by atoms with Crippen molar-refractivity contribution in [2.45, 2.75) is 13.0 Å². The Hall–Kier alpha value is -4.27. The monoisotopic (exact) mass is 411 g/mol. The average Bonchev–Trinajstić information content (AvgIpc) is 3.49. The van der Waals surface area contributed by atoms with Crippen LogP contribution in [0.5, 0.6) is 0 Å². The van der Waals surface area contributed by atoms with Crippen molar-refractivity contribution in [3.05, 3.63) is 90.0 Å². The van der Waals surface area contributed by atoms with Crippen LogP contribution in [0.25, 0.3) is 5.65 Å². The van der Waals surface area contributed by atoms with Crippen molar-refractivity contribution in [1.82, 2.24) is 35.2 Å². The molecule has 0 saturated heterocycles. The van der Waals surface area contributed by atoms with Crippen LogP contribution in [0.3, 0.4) is 0 Å². The second-order valence-corrected chi connectivity index (χ2v) is 7.24. The molecule has 1 unspecified atom stereocenters. The molecule has 9 nitrogen and oxygen atoms in total. The van der Waals surface area contributed by atoms with Gasteiger partial charge < -0.3 is 10.2 Å². The summed E-state index contributed by atoms with van der Waals surface area (Å²) >= 11 is 0. The number of nitrogens with one attached hydrogen (secondary N) is 2. The molecule has 1 atom stereocenters. The highest BCUT2D eigenvalue weighted by Gasteiger charge is 2.18. The van der Waals surface area contributed by atoms with Crippen LogP contribution in [0.4, 0.5) is 17.2 Å². The Labute approximate surface area is 178 Å². The topological polar surface area (TPSA) is 99.9 Å². The molecule has 2 aromatic carbocycles. The minimum absolute atomic E-state index is 0.189. The maximum atomic E-state index is 4.52. The fraction of sp³-hybridized carbons (Fsp3) is 0.136. The Balaban J connectivity index is 1.42. The van der Waals surface area contributed by atoms with Gasteiger partial charge in [0.1, 0.15) is 11.9 Å². The average molecular weight is 411 g/mol. The van der Waals surface area contributed by atoms with E-state index < -0.39 is 0 Å². The van der Waals surface area contributed by atoms with Crippen molar-refractivity contribution in [3.63, 3.8) is 0 Å². The van der Waals surface area contributed by atoms with Gasteiger partial charge in [0.2, 0.25) is 0 Å². The predicted octanol–water partition coefficient (Wildman–Crippen LogP) is 3.52. The summed E-state index contributed by atoms with van der Waals surface area (Å²) in [6.07, 6.45) is 1.76. The normalized spacial score (nSPS) is 12.1. The lowest BCUT2D eigenvalue weighted by Gasteiger charge is -2.22. The molecule has 0 aliphatic heterocycles. The van der Waals surface area contributed by atoms with Crippen molar-refractivity contribution in [2.75, 3.05) is 17.3 Å². The number of benzene rings is 2. The number of nitrogens with zero attached hydrogens (tertiary/aromatic N) is 7. The van der Waals surface area contributed by atoms with Gasteiger partial charge in [-0.05, 0) is 47.2 Å². The van der Waals surface area contributed by atoms with Crippen molar-refractivity contribution in [1.29, 1.82) is 0 Å². The lowest BCUT2D eigenvalue weighted by molar-refractivity contribution is 0.835. The van der Waals surface area contributed by atoms with Gasteiger partial charge in [0.15, 0.2) is 11.5 Å². The quantitative estimate of drug-likeness (QED) is 0.441. The van der Waals surface area contributed by atoms with Crippen LogP contribution in [0, 0.1) is 6.92 Å². The second kappa shape index (κ2) is 7.86. The number of rotatable bonds is 6. The van der Waals surface area contributed by atoms with Gasteiger partial charge in [0.05, 0.1) is 6.20 Å². The Morgan fingerprint density at radius 2 is 1.84 bits per heavy atom. The third-order valence-corrected chi connectivity index (χ3v) is 5.15. The van der Waals surface area contributed by atoms with E-state index in [-0.39, 0.29) is 6.04 Å². The minimum Gasteiger partial charge on any atom is -0.371 e. The van der Waals surface area contributed by atoms with E-state index in [2.05, 4.69) is 53.1 Å². The molecular weight excluding hydrogens is 390 g/mol. The third-order valence-electron chi connectivity index (χ3n) is 5.15. The number of aromatic nitrogens is 7. The van der Waals surface area contributed by atoms with Crippen LogP contribution >= 0.6 is 0 Å². The third kappa shape index (κ3) is 3.68. The van der Waals surface area contributed by atoms with Gasteiger partial charge in [-0.2, -0.15) is 9.61 Å². The summed E-state index contributed by atoms with van der Waals surface area (Å²) in [4.78, 5) is 6.61. The number of anilines is 3. The molecule has 0 radical (unpaired) electrons. The van der Waals surface area contributed by atoms with Crippen molar-refractivity contribution < 1.29 is 0 Å². The van der Waals surface area contributed by atoms with Gasteiger partial charge in [0.25, 0.3) is 0 Å². The van der Waals surface area contributed by atoms with E-state index in [0.717, 1.165) is 34.1 Å². The molecule has 0 fully saturated rings. The first kappa shape index (κ1) is 18.7. The first-order valence-corrected chi connectivity index (χ1v) is 9.89. The van der Waals surface area contributed by atoms with E-state index in [4.69, 9.17) is 0 Å². The summed E-state index contributed by atoms with van der Waals surface area (Å²) in [6, 6.07) is 22.0. The Morgan fingerprint density at radius 3 is 2.58 bits per heavy atom. The van der Waals surface area contributed by atoms with Gasteiger partial charge in [-0.15, -0.1) is 5.10 Å². The summed E-state index contributed by atoms with van der Waals surface area (Å²) in [5.74, 6) is 1.60. The van der Waals surface area contributed by atoms with Crippen LogP contribution in [-0.2, 0) is 0 Å². The highest BCUT2D eigenvalue weighted by molar-refractivity contribution is 5.65. The molecule has 154 valence electrons. The molecule has 9 heteroatoms. The zero-order chi connectivity index (χ0) is 21.2. The summed E-state index contributed by atoms with van der Waals surface area (Å²) in [6.45, 7) is 1.99. The van der Waals surface area contributed by atoms with Crippen LogP contribution < -0.4 is 10.2 Å². The molecule has 0 aliphatic carbocycles. The summed E-state index contributed by atoms with van der Waals surface area (Å²) in [7, 11) is 2.02. The van der Waals surface area contributed by atoms with E-state index in [1.807, 2.05) is 73.1 Å². The summed E-state index contributed by atoms with van der Waals surface area (Å²) < 4.78 is 1.83. The first-order chi connectivity index (χ1) is 15.2. The van der Waals surface area contributed by atoms with Crippen molar-refractivity contribution in [2.24, 2.45) is 0 Å². The SMILES string of the molecule is Cc1cc(N(C)c2ccc(NC(c3ccccc3)c3nnn[nH]3)cc2)n2nccc2n1. The predicted molar refractivity (Wildman–Crippen MR) is 118 cm³/mol. The zero-order valence-electron chi connectivity index (χ0n) is 17.1. The number of fused-ring (bicyclic) bond motifs is 1. The van der Waals surface area contributed by atoms with Crippen molar-refractivity contribution in [3.8, 4) is 0 Å². The molecule has 31 heavy (non-hydrogen) atoms. The standard InChI is InChI=1S/C22H21N9/c1-15-14-20(31-19(24-15)12-13-23-31)30(2)18-10-8-17(9-11-18)25-21(22-26-28-29-27-22)16-6-4-3-5-7-16/h3-14,21,25H,1-2H3,(H,26,27,28,29). The van der Waals surface area contributed by atoms with E-state index in [1.54, 1.807) is 6.20 Å². The number of tetrazole rings is 1. The molecule has 0 aliphatic rings. The Kier molecular flexibility index (Phi) is 4.75. The second-order valence-electron chi connectivity index (χ2n) is 7.24. The highest BCUT2D eigenvalue weighted by atomic mass is 15.5. The van der Waals surface area contributed by atoms with E-state index in [0.29, 0.717) is 5.82 Å². The summed E-state index contributed by atoms with van der Waals surface area (Å²) in [5, 5.41) is 22.3. The summed E-state index contributed by atoms with van der Waals surface area (Å²) in [5.41, 5.74) is 4.82. The largest absolute Gasteiger partial charge is 0.371 e. The molecule has 3 aromatic heterocycles. The number of hydrogen-bond acceptors (Lipinski definition) is 7. The zero-order valence-corrected chi connectivity index (χ0v) is 17.1. The van der Waals surface area contributed by atoms with Crippen LogP contribution in [0.1, 0.15) is 23.1 Å². The number of H-pyrrole nitrogens is 1. The minimum atomic E-state index is -0.189. The maximum absolute atomic E-state index is 4.52. The molecule has 0 bridgehead atoms. The van der Waals surface area contributed by atoms with Crippen LogP contribution in [0.2, 0.25) is 0 Å². The van der Waals surface area contributed by atoms with Crippen LogP contribution in [0.15, 0.2) is 72.9 Å². The smallest absolute Gasteiger partial charge is 0.175 e. The number of aromatic amines is 1. The molecule has 5 aromatic rings. The lowest BCUT2D eigenvalue weighted by atomic mass is 10.1. The maximum Gasteiger partial charge on any atom is 0.175 e.